The summed E-state index contributed by atoms with van der Waals surface area (Å²) in [6.45, 7) is 11.7. The molecule has 4 nitrogen and oxygen atoms in total. The average Bonchev–Trinajstić information content (AvgIpc) is 2.66. The predicted octanol–water partition coefficient (Wildman–Crippen LogP) is 7.24. The number of carbonyl (C=O) groups excluding carboxylic acids is 2. The highest BCUT2D eigenvalue weighted by Crippen LogP contribution is 2.24. The Hall–Kier alpha value is -1.06. The SMILES string of the molecule is CCCCCCCC(=O)OCC(CCC(C)(C)C)COC(=O)CCCCCCC. The van der Waals surface area contributed by atoms with Crippen LogP contribution in [0.1, 0.15) is 125 Å². The zero-order valence-electron chi connectivity index (χ0n) is 20.0. The first-order chi connectivity index (χ1) is 13.8. The van der Waals surface area contributed by atoms with E-state index in [9.17, 15) is 9.59 Å². The van der Waals surface area contributed by atoms with Gasteiger partial charge in [-0.05, 0) is 31.1 Å². The van der Waals surface area contributed by atoms with Gasteiger partial charge in [0.1, 0.15) is 0 Å². The van der Waals surface area contributed by atoms with Gasteiger partial charge in [0, 0.05) is 18.8 Å². The summed E-state index contributed by atoms with van der Waals surface area (Å²) in [5.41, 5.74) is 0.213. The third kappa shape index (κ3) is 20.0. The van der Waals surface area contributed by atoms with E-state index in [1.54, 1.807) is 0 Å². The summed E-state index contributed by atoms with van der Waals surface area (Å²) < 4.78 is 11.0. The van der Waals surface area contributed by atoms with E-state index in [1.807, 2.05) is 0 Å². The Morgan fingerprint density at radius 2 is 1.10 bits per heavy atom. The molecule has 0 fully saturated rings. The molecule has 29 heavy (non-hydrogen) atoms. The summed E-state index contributed by atoms with van der Waals surface area (Å²) >= 11 is 0. The van der Waals surface area contributed by atoms with Gasteiger partial charge >= 0.3 is 11.9 Å². The predicted molar refractivity (Wildman–Crippen MR) is 121 cm³/mol. The van der Waals surface area contributed by atoms with Gasteiger partial charge in [0.2, 0.25) is 0 Å². The second-order valence-electron chi connectivity index (χ2n) is 9.66. The molecule has 0 aromatic rings. The monoisotopic (exact) mass is 412 g/mol. The van der Waals surface area contributed by atoms with Crippen LogP contribution in [0.3, 0.4) is 0 Å². The molecule has 0 atom stereocenters. The minimum absolute atomic E-state index is 0.0855. The highest BCUT2D eigenvalue weighted by Gasteiger charge is 2.19. The number of ether oxygens (including phenoxy) is 2. The molecule has 0 aromatic heterocycles. The van der Waals surface area contributed by atoms with Crippen molar-refractivity contribution in [2.45, 2.75) is 125 Å². The molecule has 0 aliphatic carbocycles. The molecule has 0 radical (unpaired) electrons. The van der Waals surface area contributed by atoms with Crippen molar-refractivity contribution >= 4 is 11.9 Å². The molecule has 0 unspecified atom stereocenters. The number of unbranched alkanes of at least 4 members (excludes halogenated alkanes) is 8. The van der Waals surface area contributed by atoms with Crippen molar-refractivity contribution < 1.29 is 19.1 Å². The third-order valence-electron chi connectivity index (χ3n) is 5.23. The summed E-state index contributed by atoms with van der Waals surface area (Å²) in [6, 6.07) is 0. The van der Waals surface area contributed by atoms with Gasteiger partial charge in [-0.2, -0.15) is 0 Å². The Balaban J connectivity index is 4.20. The minimum atomic E-state index is -0.121. The molecule has 0 saturated carbocycles. The minimum Gasteiger partial charge on any atom is -0.465 e. The van der Waals surface area contributed by atoms with Crippen LogP contribution in [-0.2, 0) is 19.1 Å². The van der Waals surface area contributed by atoms with Crippen LogP contribution < -0.4 is 0 Å². The topological polar surface area (TPSA) is 52.6 Å². The summed E-state index contributed by atoms with van der Waals surface area (Å²) in [4.78, 5) is 24.0. The van der Waals surface area contributed by atoms with Crippen LogP contribution in [0.2, 0.25) is 0 Å². The zero-order valence-corrected chi connectivity index (χ0v) is 20.0. The summed E-state index contributed by atoms with van der Waals surface area (Å²) in [6.07, 6.45) is 14.1. The maximum absolute atomic E-state index is 12.0. The molecular weight excluding hydrogens is 364 g/mol. The molecule has 0 bridgehead atoms. The van der Waals surface area contributed by atoms with E-state index in [-0.39, 0.29) is 23.3 Å². The van der Waals surface area contributed by atoms with Gasteiger partial charge in [0.15, 0.2) is 0 Å². The highest BCUT2D eigenvalue weighted by molar-refractivity contribution is 5.69. The molecule has 0 amide bonds. The van der Waals surface area contributed by atoms with Crippen LogP contribution in [0.25, 0.3) is 0 Å². The highest BCUT2D eigenvalue weighted by atomic mass is 16.5. The molecule has 0 rings (SSSR count). The van der Waals surface area contributed by atoms with E-state index in [0.29, 0.717) is 26.1 Å². The molecule has 0 N–H and O–H groups in total. The molecular formula is C25H48O4. The van der Waals surface area contributed by atoms with E-state index in [1.165, 1.54) is 38.5 Å². The van der Waals surface area contributed by atoms with Crippen molar-refractivity contribution in [3.63, 3.8) is 0 Å². The standard InChI is InChI=1S/C25H48O4/c1-6-8-10-12-14-16-23(26)28-20-22(18-19-25(3,4)5)21-29-24(27)17-15-13-11-9-7-2/h22H,6-21H2,1-5H3. The van der Waals surface area contributed by atoms with Crippen LogP contribution in [0, 0.1) is 11.3 Å². The first-order valence-electron chi connectivity index (χ1n) is 12.1. The second-order valence-corrected chi connectivity index (χ2v) is 9.66. The fraction of sp³-hybridized carbons (Fsp3) is 0.920. The molecule has 0 spiro atoms. The Labute approximate surface area is 180 Å². The van der Waals surface area contributed by atoms with Crippen molar-refractivity contribution in [2.75, 3.05) is 13.2 Å². The van der Waals surface area contributed by atoms with Crippen molar-refractivity contribution in [1.29, 1.82) is 0 Å². The fourth-order valence-electron chi connectivity index (χ4n) is 3.16. The lowest BCUT2D eigenvalue weighted by Gasteiger charge is -2.23. The number of esters is 2. The van der Waals surface area contributed by atoms with Crippen molar-refractivity contribution in [2.24, 2.45) is 11.3 Å². The number of carbonyl (C=O) groups is 2. The lowest BCUT2D eigenvalue weighted by atomic mass is 9.87. The first-order valence-corrected chi connectivity index (χ1v) is 12.1. The maximum Gasteiger partial charge on any atom is 0.305 e. The van der Waals surface area contributed by atoms with Crippen LogP contribution in [-0.4, -0.2) is 25.2 Å². The van der Waals surface area contributed by atoms with Crippen molar-refractivity contribution in [3.05, 3.63) is 0 Å². The van der Waals surface area contributed by atoms with Gasteiger partial charge in [0.05, 0.1) is 13.2 Å². The second kappa shape index (κ2) is 17.8. The Morgan fingerprint density at radius 1 is 0.690 bits per heavy atom. The third-order valence-corrected chi connectivity index (χ3v) is 5.23. The van der Waals surface area contributed by atoms with Gasteiger partial charge in [0.25, 0.3) is 0 Å². The van der Waals surface area contributed by atoms with Gasteiger partial charge in [-0.15, -0.1) is 0 Å². The van der Waals surface area contributed by atoms with Crippen LogP contribution in [0.15, 0.2) is 0 Å². The quantitative estimate of drug-likeness (QED) is 0.176. The summed E-state index contributed by atoms with van der Waals surface area (Å²) in [5, 5.41) is 0. The molecule has 0 aliphatic heterocycles. The van der Waals surface area contributed by atoms with E-state index in [4.69, 9.17) is 9.47 Å². The summed E-state index contributed by atoms with van der Waals surface area (Å²) in [5.74, 6) is -0.156. The van der Waals surface area contributed by atoms with Crippen LogP contribution >= 0.6 is 0 Å². The molecule has 0 aliphatic rings. The summed E-state index contributed by atoms with van der Waals surface area (Å²) in [7, 11) is 0. The molecule has 172 valence electrons. The largest absolute Gasteiger partial charge is 0.465 e. The fourth-order valence-corrected chi connectivity index (χ4v) is 3.16. The lowest BCUT2D eigenvalue weighted by Crippen LogP contribution is -2.22. The van der Waals surface area contributed by atoms with Crippen molar-refractivity contribution in [3.8, 4) is 0 Å². The lowest BCUT2D eigenvalue weighted by molar-refractivity contribution is -0.149. The van der Waals surface area contributed by atoms with E-state index >= 15 is 0 Å². The van der Waals surface area contributed by atoms with Gasteiger partial charge in [-0.25, -0.2) is 0 Å². The van der Waals surface area contributed by atoms with Gasteiger partial charge < -0.3 is 9.47 Å². The van der Waals surface area contributed by atoms with E-state index < -0.39 is 0 Å². The zero-order chi connectivity index (χ0) is 22.0. The van der Waals surface area contributed by atoms with Gasteiger partial charge in [-0.1, -0.05) is 86.0 Å². The van der Waals surface area contributed by atoms with E-state index in [2.05, 4.69) is 34.6 Å². The van der Waals surface area contributed by atoms with Gasteiger partial charge in [-0.3, -0.25) is 9.59 Å². The Kier molecular flexibility index (Phi) is 17.1. The first kappa shape index (κ1) is 27.9. The smallest absolute Gasteiger partial charge is 0.305 e. The Morgan fingerprint density at radius 3 is 1.48 bits per heavy atom. The van der Waals surface area contributed by atoms with Crippen LogP contribution in [0.4, 0.5) is 0 Å². The normalized spacial score (nSPS) is 11.7. The number of hydrogen-bond donors (Lipinski definition) is 0. The Bertz CT molecular complexity index is 382. The van der Waals surface area contributed by atoms with E-state index in [0.717, 1.165) is 38.5 Å². The maximum atomic E-state index is 12.0. The molecule has 0 heterocycles. The molecule has 0 aromatic carbocycles. The molecule has 0 saturated heterocycles. The number of hydrogen-bond acceptors (Lipinski definition) is 4. The van der Waals surface area contributed by atoms with Crippen molar-refractivity contribution in [1.82, 2.24) is 0 Å². The average molecular weight is 413 g/mol. The number of rotatable bonds is 18. The van der Waals surface area contributed by atoms with Crippen LogP contribution in [0.5, 0.6) is 0 Å². The molecule has 4 heteroatoms.